The fourth-order valence-corrected chi connectivity index (χ4v) is 1.76. The highest BCUT2D eigenvalue weighted by Crippen LogP contribution is 2.19. The SMILES string of the molecule is CC(C)c1cc(C=O)ccc1C=O.CCC(CO)(CO)CO. The van der Waals surface area contributed by atoms with E-state index in [1.807, 2.05) is 20.8 Å². The molecule has 0 bridgehead atoms. The maximum atomic E-state index is 10.6. The van der Waals surface area contributed by atoms with Crippen molar-refractivity contribution in [2.45, 2.75) is 33.1 Å². The van der Waals surface area contributed by atoms with Crippen LogP contribution >= 0.6 is 0 Å². The van der Waals surface area contributed by atoms with Crippen molar-refractivity contribution in [2.75, 3.05) is 19.8 Å². The van der Waals surface area contributed by atoms with Gasteiger partial charge in [0.25, 0.3) is 0 Å². The Morgan fingerprint density at radius 3 is 1.86 bits per heavy atom. The number of hydrogen-bond donors (Lipinski definition) is 3. The Labute approximate surface area is 131 Å². The van der Waals surface area contributed by atoms with Gasteiger partial charge >= 0.3 is 0 Å². The molecule has 0 heterocycles. The van der Waals surface area contributed by atoms with Crippen molar-refractivity contribution in [1.82, 2.24) is 0 Å². The number of hydrogen-bond acceptors (Lipinski definition) is 5. The molecule has 0 atom stereocenters. The summed E-state index contributed by atoms with van der Waals surface area (Å²) in [7, 11) is 0. The highest BCUT2D eigenvalue weighted by molar-refractivity contribution is 5.82. The number of carbonyl (C=O) groups is 2. The summed E-state index contributed by atoms with van der Waals surface area (Å²) in [6, 6.07) is 5.11. The van der Waals surface area contributed by atoms with Crippen molar-refractivity contribution in [3.8, 4) is 0 Å². The van der Waals surface area contributed by atoms with E-state index in [-0.39, 0.29) is 25.7 Å². The van der Waals surface area contributed by atoms with Crippen LogP contribution in [0.15, 0.2) is 18.2 Å². The molecular formula is C17H26O5. The molecule has 5 heteroatoms. The maximum absolute atomic E-state index is 10.6. The van der Waals surface area contributed by atoms with E-state index in [0.29, 0.717) is 17.5 Å². The van der Waals surface area contributed by atoms with Gasteiger partial charge in [0, 0.05) is 16.5 Å². The standard InChI is InChI=1S/C11H12O2.C6H14O3/c1-8(2)11-5-9(6-12)3-4-10(11)7-13;1-2-6(3-7,4-8)5-9/h3-8H,1-2H3;7-9H,2-5H2,1H3. The molecule has 0 aromatic heterocycles. The second kappa shape index (κ2) is 10.2. The largest absolute Gasteiger partial charge is 0.396 e. The van der Waals surface area contributed by atoms with Crippen LogP contribution in [0.2, 0.25) is 0 Å². The van der Waals surface area contributed by atoms with Gasteiger partial charge in [0.05, 0.1) is 19.8 Å². The van der Waals surface area contributed by atoms with E-state index >= 15 is 0 Å². The lowest BCUT2D eigenvalue weighted by Crippen LogP contribution is -2.32. The van der Waals surface area contributed by atoms with Crippen LogP contribution in [-0.4, -0.2) is 47.7 Å². The van der Waals surface area contributed by atoms with E-state index < -0.39 is 5.41 Å². The average Bonchev–Trinajstić information content (AvgIpc) is 2.57. The van der Waals surface area contributed by atoms with E-state index in [4.69, 9.17) is 15.3 Å². The Kier molecular flexibility index (Phi) is 9.49. The molecule has 1 rings (SSSR count). The second-order valence-electron chi connectivity index (χ2n) is 5.61. The molecule has 1 aromatic rings. The van der Waals surface area contributed by atoms with E-state index in [9.17, 15) is 9.59 Å². The first kappa shape index (κ1) is 20.4. The summed E-state index contributed by atoms with van der Waals surface area (Å²) >= 11 is 0. The van der Waals surface area contributed by atoms with Crippen LogP contribution in [0.3, 0.4) is 0 Å². The Morgan fingerprint density at radius 1 is 1.05 bits per heavy atom. The van der Waals surface area contributed by atoms with Crippen LogP contribution in [0.1, 0.15) is 59.4 Å². The van der Waals surface area contributed by atoms with Crippen LogP contribution in [-0.2, 0) is 0 Å². The van der Waals surface area contributed by atoms with Crippen LogP contribution < -0.4 is 0 Å². The third-order valence-electron chi connectivity index (χ3n) is 3.75. The van der Waals surface area contributed by atoms with Crippen molar-refractivity contribution in [3.63, 3.8) is 0 Å². The summed E-state index contributed by atoms with van der Waals surface area (Å²) in [6.45, 7) is 5.35. The predicted octanol–water partition coefficient (Wildman–Crippen LogP) is 1.79. The molecule has 0 amide bonds. The van der Waals surface area contributed by atoms with Gasteiger partial charge in [-0.2, -0.15) is 0 Å². The van der Waals surface area contributed by atoms with Crippen molar-refractivity contribution in [3.05, 3.63) is 34.9 Å². The number of benzene rings is 1. The van der Waals surface area contributed by atoms with Gasteiger partial charge in [0.15, 0.2) is 0 Å². The van der Waals surface area contributed by atoms with Crippen molar-refractivity contribution < 1.29 is 24.9 Å². The molecule has 0 radical (unpaired) electrons. The smallest absolute Gasteiger partial charge is 0.150 e. The topological polar surface area (TPSA) is 94.8 Å². The molecule has 0 spiro atoms. The molecule has 0 aliphatic heterocycles. The normalized spacial score (nSPS) is 10.9. The maximum Gasteiger partial charge on any atom is 0.150 e. The lowest BCUT2D eigenvalue weighted by molar-refractivity contribution is 0.00304. The molecule has 0 aliphatic rings. The third-order valence-corrected chi connectivity index (χ3v) is 3.75. The highest BCUT2D eigenvalue weighted by atomic mass is 16.3. The molecule has 0 saturated heterocycles. The van der Waals surface area contributed by atoms with Crippen molar-refractivity contribution >= 4 is 12.6 Å². The summed E-state index contributed by atoms with van der Waals surface area (Å²) in [5.41, 5.74) is 1.55. The summed E-state index contributed by atoms with van der Waals surface area (Å²) in [5.74, 6) is 0.264. The molecule has 22 heavy (non-hydrogen) atoms. The molecular weight excluding hydrogens is 284 g/mol. The molecule has 3 N–H and O–H groups in total. The van der Waals surface area contributed by atoms with E-state index in [0.717, 1.165) is 18.1 Å². The lowest BCUT2D eigenvalue weighted by Gasteiger charge is -2.24. The van der Waals surface area contributed by atoms with Gasteiger partial charge in [-0.15, -0.1) is 0 Å². The summed E-state index contributed by atoms with van der Waals surface area (Å²) in [5, 5.41) is 26.0. The first-order valence-corrected chi connectivity index (χ1v) is 7.30. The summed E-state index contributed by atoms with van der Waals surface area (Å²) in [4.78, 5) is 21.1. The van der Waals surface area contributed by atoms with Crippen LogP contribution in [0.5, 0.6) is 0 Å². The molecule has 0 unspecified atom stereocenters. The number of aldehydes is 2. The van der Waals surface area contributed by atoms with Crippen molar-refractivity contribution in [1.29, 1.82) is 0 Å². The Hall–Kier alpha value is -1.56. The first-order chi connectivity index (χ1) is 10.4. The average molecular weight is 310 g/mol. The number of aliphatic hydroxyl groups excluding tert-OH is 3. The van der Waals surface area contributed by atoms with Gasteiger partial charge in [-0.3, -0.25) is 9.59 Å². The minimum Gasteiger partial charge on any atom is -0.396 e. The van der Waals surface area contributed by atoms with Gasteiger partial charge < -0.3 is 15.3 Å². The van der Waals surface area contributed by atoms with Crippen LogP contribution in [0, 0.1) is 5.41 Å². The van der Waals surface area contributed by atoms with E-state index in [1.54, 1.807) is 18.2 Å². The lowest BCUT2D eigenvalue weighted by atomic mass is 9.88. The first-order valence-electron chi connectivity index (χ1n) is 7.30. The zero-order valence-electron chi connectivity index (χ0n) is 13.5. The quantitative estimate of drug-likeness (QED) is 0.667. The van der Waals surface area contributed by atoms with Gasteiger partial charge in [-0.25, -0.2) is 0 Å². The molecule has 0 aliphatic carbocycles. The molecule has 5 nitrogen and oxygen atoms in total. The molecule has 1 aromatic carbocycles. The van der Waals surface area contributed by atoms with Crippen molar-refractivity contribution in [2.24, 2.45) is 5.41 Å². The molecule has 124 valence electrons. The fraction of sp³-hybridized carbons (Fsp3) is 0.529. The van der Waals surface area contributed by atoms with E-state index in [2.05, 4.69) is 0 Å². The summed E-state index contributed by atoms with van der Waals surface area (Å²) in [6.07, 6.45) is 2.21. The number of rotatable bonds is 7. The minimum atomic E-state index is -0.667. The van der Waals surface area contributed by atoms with Gasteiger partial charge in [-0.05, 0) is 24.0 Å². The van der Waals surface area contributed by atoms with Gasteiger partial charge in [0.2, 0.25) is 0 Å². The Morgan fingerprint density at radius 2 is 1.59 bits per heavy atom. The van der Waals surface area contributed by atoms with Gasteiger partial charge in [-0.1, -0.05) is 32.9 Å². The number of aliphatic hydroxyl groups is 3. The molecule has 0 fully saturated rings. The highest BCUT2D eigenvalue weighted by Gasteiger charge is 2.24. The van der Waals surface area contributed by atoms with Gasteiger partial charge in [0.1, 0.15) is 12.6 Å². The Bertz CT molecular complexity index is 447. The summed E-state index contributed by atoms with van der Waals surface area (Å²) < 4.78 is 0. The minimum absolute atomic E-state index is 0.156. The number of carbonyl (C=O) groups excluding carboxylic acids is 2. The Balaban J connectivity index is 0.000000433. The predicted molar refractivity (Wildman–Crippen MR) is 85.3 cm³/mol. The zero-order chi connectivity index (χ0) is 17.2. The van der Waals surface area contributed by atoms with E-state index in [1.165, 1.54) is 0 Å². The van der Waals surface area contributed by atoms with Crippen LogP contribution in [0.4, 0.5) is 0 Å². The zero-order valence-corrected chi connectivity index (χ0v) is 13.5. The third kappa shape index (κ3) is 5.67. The monoisotopic (exact) mass is 310 g/mol. The fourth-order valence-electron chi connectivity index (χ4n) is 1.76. The van der Waals surface area contributed by atoms with Crippen LogP contribution in [0.25, 0.3) is 0 Å². The second-order valence-corrected chi connectivity index (χ2v) is 5.61. The molecule has 0 saturated carbocycles.